The number of nitrogens with one attached hydrogen (secondary N) is 1. The maximum Gasteiger partial charge on any atom is 0.225 e. The molecule has 2 nitrogen and oxygen atoms in total. The molecular formula is C9H13NO. The van der Waals surface area contributed by atoms with E-state index in [0.29, 0.717) is 12.0 Å². The summed E-state index contributed by atoms with van der Waals surface area (Å²) in [5, 5.41) is 2.94. The average molecular weight is 151 g/mol. The molecule has 1 heterocycles. The Morgan fingerprint density at radius 1 is 1.27 bits per heavy atom. The fraction of sp³-hybridized carbons (Fsp3) is 0.667. The molecule has 0 unspecified atom stereocenters. The van der Waals surface area contributed by atoms with Crippen LogP contribution in [0.1, 0.15) is 25.7 Å². The van der Waals surface area contributed by atoms with Crippen LogP contribution >= 0.6 is 0 Å². The highest BCUT2D eigenvalue weighted by atomic mass is 16.2. The van der Waals surface area contributed by atoms with E-state index in [0.717, 1.165) is 25.7 Å². The predicted octanol–water partition coefficient (Wildman–Crippen LogP) is 1.23. The summed E-state index contributed by atoms with van der Waals surface area (Å²) in [4.78, 5) is 11.0. The molecule has 0 aromatic rings. The molecule has 1 aliphatic heterocycles. The Kier molecular flexibility index (Phi) is 1.68. The quantitative estimate of drug-likeness (QED) is 0.409. The first kappa shape index (κ1) is 6.89. The van der Waals surface area contributed by atoms with Crippen molar-refractivity contribution >= 4 is 5.91 Å². The van der Waals surface area contributed by atoms with Gasteiger partial charge in [0.2, 0.25) is 5.91 Å². The Morgan fingerprint density at radius 3 is 2.73 bits per heavy atom. The summed E-state index contributed by atoms with van der Waals surface area (Å²) in [5.41, 5.74) is 0. The SMILES string of the molecule is O=C1N[C@@H]2CC/C=C/CC[C@H]12. The summed E-state index contributed by atoms with van der Waals surface area (Å²) in [7, 11) is 0. The molecule has 1 amide bonds. The van der Waals surface area contributed by atoms with Crippen LogP contribution < -0.4 is 5.32 Å². The van der Waals surface area contributed by atoms with Crippen LogP contribution in [0.5, 0.6) is 0 Å². The molecule has 1 fully saturated rings. The smallest absolute Gasteiger partial charge is 0.225 e. The molecule has 2 aliphatic rings. The Labute approximate surface area is 66.7 Å². The van der Waals surface area contributed by atoms with Gasteiger partial charge in [-0.25, -0.2) is 0 Å². The van der Waals surface area contributed by atoms with Crippen LogP contribution in [0.3, 0.4) is 0 Å². The second kappa shape index (κ2) is 2.68. The molecule has 60 valence electrons. The van der Waals surface area contributed by atoms with E-state index >= 15 is 0 Å². The van der Waals surface area contributed by atoms with Gasteiger partial charge in [-0.3, -0.25) is 4.79 Å². The summed E-state index contributed by atoms with van der Waals surface area (Å²) < 4.78 is 0. The average Bonchev–Trinajstić information content (AvgIpc) is 1.96. The van der Waals surface area contributed by atoms with E-state index in [4.69, 9.17) is 0 Å². The minimum atomic E-state index is 0.269. The standard InChI is InChI=1S/C9H13NO/c11-9-7-5-3-1-2-4-6-8(7)10-9/h1-2,7-8H,3-6H2,(H,10,11)/b2-1+/t7-,8+/m0/s1. The first-order valence-electron chi connectivity index (χ1n) is 4.33. The monoisotopic (exact) mass is 151 g/mol. The summed E-state index contributed by atoms with van der Waals surface area (Å²) in [6, 6.07) is 0.493. The second-order valence-corrected chi connectivity index (χ2v) is 3.35. The van der Waals surface area contributed by atoms with Gasteiger partial charge in [0, 0.05) is 6.04 Å². The Hall–Kier alpha value is -0.790. The number of β-lactam (4-membered cyclic amide) rings is 1. The molecule has 0 aromatic carbocycles. The van der Waals surface area contributed by atoms with Gasteiger partial charge in [0.1, 0.15) is 0 Å². The number of hydrogen-bond donors (Lipinski definition) is 1. The van der Waals surface area contributed by atoms with Crippen molar-refractivity contribution in [3.8, 4) is 0 Å². The lowest BCUT2D eigenvalue weighted by Crippen LogP contribution is -2.57. The highest BCUT2D eigenvalue weighted by molar-refractivity contribution is 5.85. The highest BCUT2D eigenvalue weighted by Crippen LogP contribution is 2.26. The number of carbonyl (C=O) groups is 1. The summed E-state index contributed by atoms with van der Waals surface area (Å²) in [5.74, 6) is 0.602. The normalized spacial score (nSPS) is 39.1. The molecule has 0 aromatic heterocycles. The first-order chi connectivity index (χ1) is 5.38. The van der Waals surface area contributed by atoms with Crippen molar-refractivity contribution in [1.29, 1.82) is 0 Å². The van der Waals surface area contributed by atoms with Crippen LogP contribution in [0.4, 0.5) is 0 Å². The molecule has 0 bridgehead atoms. The molecule has 2 atom stereocenters. The Bertz CT molecular complexity index is 198. The minimum absolute atomic E-state index is 0.269. The molecular weight excluding hydrogens is 138 g/mol. The van der Waals surface area contributed by atoms with Crippen LogP contribution in [0, 0.1) is 5.92 Å². The summed E-state index contributed by atoms with van der Waals surface area (Å²) in [6.45, 7) is 0. The van der Waals surface area contributed by atoms with Crippen molar-refractivity contribution in [3.05, 3.63) is 12.2 Å². The van der Waals surface area contributed by atoms with E-state index in [9.17, 15) is 4.79 Å². The zero-order valence-corrected chi connectivity index (χ0v) is 6.55. The molecule has 0 spiro atoms. The van der Waals surface area contributed by atoms with Gasteiger partial charge in [-0.05, 0) is 25.7 Å². The number of rotatable bonds is 0. The van der Waals surface area contributed by atoms with Crippen LogP contribution in [0.2, 0.25) is 0 Å². The fourth-order valence-corrected chi connectivity index (χ4v) is 1.87. The van der Waals surface area contributed by atoms with Gasteiger partial charge in [0.05, 0.1) is 5.92 Å². The Balaban J connectivity index is 2.00. The van der Waals surface area contributed by atoms with Gasteiger partial charge >= 0.3 is 0 Å². The van der Waals surface area contributed by atoms with E-state index in [1.807, 2.05) is 0 Å². The fourth-order valence-electron chi connectivity index (χ4n) is 1.87. The lowest BCUT2D eigenvalue weighted by Gasteiger charge is -2.37. The largest absolute Gasteiger partial charge is 0.352 e. The molecule has 2 heteroatoms. The number of carbonyl (C=O) groups excluding carboxylic acids is 1. The number of allylic oxidation sites excluding steroid dienone is 2. The van der Waals surface area contributed by atoms with Crippen LogP contribution in [-0.2, 0) is 4.79 Å². The van der Waals surface area contributed by atoms with E-state index < -0.39 is 0 Å². The van der Waals surface area contributed by atoms with E-state index in [2.05, 4.69) is 17.5 Å². The highest BCUT2D eigenvalue weighted by Gasteiger charge is 2.37. The van der Waals surface area contributed by atoms with Gasteiger partial charge in [-0.1, -0.05) is 12.2 Å². The minimum Gasteiger partial charge on any atom is -0.352 e. The molecule has 11 heavy (non-hydrogen) atoms. The van der Waals surface area contributed by atoms with E-state index in [-0.39, 0.29) is 5.91 Å². The third-order valence-corrected chi connectivity index (χ3v) is 2.61. The van der Waals surface area contributed by atoms with Crippen molar-refractivity contribution in [2.45, 2.75) is 31.7 Å². The molecule has 1 aliphatic carbocycles. The maximum atomic E-state index is 11.0. The van der Waals surface area contributed by atoms with Gasteiger partial charge in [0.25, 0.3) is 0 Å². The zero-order valence-electron chi connectivity index (χ0n) is 6.55. The van der Waals surface area contributed by atoms with Gasteiger partial charge in [-0.2, -0.15) is 0 Å². The van der Waals surface area contributed by atoms with E-state index in [1.54, 1.807) is 0 Å². The summed E-state index contributed by atoms with van der Waals surface area (Å²) in [6.07, 6.45) is 8.80. The summed E-state index contributed by atoms with van der Waals surface area (Å²) >= 11 is 0. The van der Waals surface area contributed by atoms with Gasteiger partial charge in [-0.15, -0.1) is 0 Å². The predicted molar refractivity (Wildman–Crippen MR) is 43.0 cm³/mol. The van der Waals surface area contributed by atoms with Crippen molar-refractivity contribution < 1.29 is 4.79 Å². The zero-order chi connectivity index (χ0) is 7.68. The molecule has 1 N–H and O–H groups in total. The van der Waals surface area contributed by atoms with Crippen molar-refractivity contribution in [3.63, 3.8) is 0 Å². The van der Waals surface area contributed by atoms with Crippen LogP contribution in [0.25, 0.3) is 0 Å². The maximum absolute atomic E-state index is 11.0. The molecule has 0 radical (unpaired) electrons. The number of amides is 1. The van der Waals surface area contributed by atoms with Crippen LogP contribution in [0.15, 0.2) is 12.2 Å². The molecule has 0 saturated carbocycles. The Morgan fingerprint density at radius 2 is 2.00 bits per heavy atom. The molecule has 1 saturated heterocycles. The van der Waals surface area contributed by atoms with E-state index in [1.165, 1.54) is 0 Å². The first-order valence-corrected chi connectivity index (χ1v) is 4.33. The molecule has 2 rings (SSSR count). The third-order valence-electron chi connectivity index (χ3n) is 2.61. The van der Waals surface area contributed by atoms with Gasteiger partial charge in [0.15, 0.2) is 0 Å². The van der Waals surface area contributed by atoms with Crippen molar-refractivity contribution in [2.75, 3.05) is 0 Å². The number of fused-ring (bicyclic) bond motifs is 1. The van der Waals surface area contributed by atoms with Crippen LogP contribution in [-0.4, -0.2) is 11.9 Å². The number of hydrogen-bond acceptors (Lipinski definition) is 1. The second-order valence-electron chi connectivity index (χ2n) is 3.35. The topological polar surface area (TPSA) is 29.1 Å². The van der Waals surface area contributed by atoms with Gasteiger partial charge < -0.3 is 5.32 Å². The van der Waals surface area contributed by atoms with Crippen molar-refractivity contribution in [2.24, 2.45) is 5.92 Å². The van der Waals surface area contributed by atoms with Crippen molar-refractivity contribution in [1.82, 2.24) is 5.32 Å². The third kappa shape index (κ3) is 1.17. The lowest BCUT2D eigenvalue weighted by molar-refractivity contribution is -0.135. The lowest BCUT2D eigenvalue weighted by atomic mass is 9.82.